The van der Waals surface area contributed by atoms with Gasteiger partial charge in [0.2, 0.25) is 0 Å². The van der Waals surface area contributed by atoms with Crippen LogP contribution in [0.5, 0.6) is 0 Å². The average Bonchev–Trinajstić information content (AvgIpc) is 2.46. The van der Waals surface area contributed by atoms with Gasteiger partial charge in [-0.1, -0.05) is 37.1 Å². The lowest BCUT2D eigenvalue weighted by atomic mass is 9.84. The molecule has 1 aromatic rings. The van der Waals surface area contributed by atoms with Crippen molar-refractivity contribution in [3.63, 3.8) is 0 Å². The maximum absolute atomic E-state index is 12.8. The van der Waals surface area contributed by atoms with Crippen LogP contribution in [0.4, 0.5) is 0 Å². The van der Waals surface area contributed by atoms with Crippen molar-refractivity contribution in [2.24, 2.45) is 5.92 Å². The van der Waals surface area contributed by atoms with Gasteiger partial charge in [0.1, 0.15) is 0 Å². The van der Waals surface area contributed by atoms with E-state index in [0.717, 1.165) is 17.7 Å². The van der Waals surface area contributed by atoms with Crippen molar-refractivity contribution in [3.8, 4) is 0 Å². The molecule has 0 spiro atoms. The molecule has 0 saturated heterocycles. The monoisotopic (exact) mass is 299 g/mol. The summed E-state index contributed by atoms with van der Waals surface area (Å²) < 4.78 is 12.8. The van der Waals surface area contributed by atoms with E-state index in [1.165, 1.54) is 12.8 Å². The first-order valence-corrected chi connectivity index (χ1v) is 8.58. The van der Waals surface area contributed by atoms with Crippen LogP contribution in [0.1, 0.15) is 32.6 Å². The molecule has 2 nitrogen and oxygen atoms in total. The fourth-order valence-electron chi connectivity index (χ4n) is 2.92. The minimum Gasteiger partial charge on any atom is -0.316 e. The second-order valence-electron chi connectivity index (χ2n) is 5.25. The average molecular weight is 300 g/mol. The SMILES string of the molecule is CCC1CCC(NC)C(S(=O)c2ccccc2Cl)C1. The van der Waals surface area contributed by atoms with Crippen LogP contribution in [-0.2, 0) is 10.8 Å². The highest BCUT2D eigenvalue weighted by atomic mass is 35.5. The molecule has 0 heterocycles. The van der Waals surface area contributed by atoms with E-state index in [2.05, 4.69) is 12.2 Å². The molecular weight excluding hydrogens is 278 g/mol. The number of hydrogen-bond acceptors (Lipinski definition) is 2. The second kappa shape index (κ2) is 6.87. The Morgan fingerprint density at radius 1 is 1.37 bits per heavy atom. The highest BCUT2D eigenvalue weighted by Crippen LogP contribution is 2.33. The quantitative estimate of drug-likeness (QED) is 0.920. The number of benzene rings is 1. The molecule has 1 aliphatic rings. The smallest absolute Gasteiger partial charge is 0.0591 e. The van der Waals surface area contributed by atoms with E-state index < -0.39 is 10.8 Å². The van der Waals surface area contributed by atoms with Crippen LogP contribution in [-0.4, -0.2) is 22.5 Å². The molecule has 0 bridgehead atoms. The molecule has 0 amide bonds. The molecule has 4 atom stereocenters. The van der Waals surface area contributed by atoms with Crippen LogP contribution in [0, 0.1) is 5.92 Å². The fourth-order valence-corrected chi connectivity index (χ4v) is 5.10. The third-order valence-corrected chi connectivity index (χ3v) is 6.48. The third-order valence-electron chi connectivity index (χ3n) is 4.18. The second-order valence-corrected chi connectivity index (χ2v) is 7.30. The zero-order valence-electron chi connectivity index (χ0n) is 11.6. The molecule has 19 heavy (non-hydrogen) atoms. The number of hydrogen-bond donors (Lipinski definition) is 1. The number of rotatable bonds is 4. The van der Waals surface area contributed by atoms with E-state index in [0.29, 0.717) is 17.0 Å². The van der Waals surface area contributed by atoms with E-state index in [4.69, 9.17) is 11.6 Å². The Kier molecular flexibility index (Phi) is 5.43. The van der Waals surface area contributed by atoms with Gasteiger partial charge in [-0.25, -0.2) is 0 Å². The molecular formula is C15H22ClNOS. The van der Waals surface area contributed by atoms with Crippen molar-refractivity contribution < 1.29 is 4.21 Å². The van der Waals surface area contributed by atoms with Gasteiger partial charge in [-0.15, -0.1) is 0 Å². The highest BCUT2D eigenvalue weighted by molar-refractivity contribution is 7.85. The Labute approximate surface area is 123 Å². The first-order valence-electron chi connectivity index (χ1n) is 6.99. The minimum atomic E-state index is -1.03. The van der Waals surface area contributed by atoms with Crippen LogP contribution in [0.3, 0.4) is 0 Å². The summed E-state index contributed by atoms with van der Waals surface area (Å²) in [5.41, 5.74) is 0. The van der Waals surface area contributed by atoms with Crippen molar-refractivity contribution in [1.29, 1.82) is 0 Å². The summed E-state index contributed by atoms with van der Waals surface area (Å²) in [7, 11) is 0.938. The molecule has 0 aromatic heterocycles. The standard InChI is InChI=1S/C15H22ClNOS/c1-3-11-8-9-13(17-2)15(10-11)19(18)14-7-5-4-6-12(14)16/h4-7,11,13,15,17H,3,8-10H2,1-2H3. The van der Waals surface area contributed by atoms with Crippen molar-refractivity contribution in [1.82, 2.24) is 5.32 Å². The van der Waals surface area contributed by atoms with Crippen molar-refractivity contribution in [2.45, 2.75) is 48.8 Å². The summed E-state index contributed by atoms with van der Waals surface area (Å²) in [6.45, 7) is 2.22. The molecule has 0 aliphatic heterocycles. The normalized spacial score (nSPS) is 29.1. The fraction of sp³-hybridized carbons (Fsp3) is 0.600. The van der Waals surface area contributed by atoms with Crippen LogP contribution < -0.4 is 5.32 Å². The van der Waals surface area contributed by atoms with Gasteiger partial charge in [0.15, 0.2) is 0 Å². The number of nitrogens with one attached hydrogen (secondary N) is 1. The van der Waals surface area contributed by atoms with E-state index in [9.17, 15) is 4.21 Å². The van der Waals surface area contributed by atoms with Crippen molar-refractivity contribution >= 4 is 22.4 Å². The van der Waals surface area contributed by atoms with E-state index in [1.807, 2.05) is 31.3 Å². The minimum absolute atomic E-state index is 0.170. The van der Waals surface area contributed by atoms with Crippen LogP contribution in [0.2, 0.25) is 5.02 Å². The van der Waals surface area contributed by atoms with E-state index in [1.54, 1.807) is 0 Å². The molecule has 1 aliphatic carbocycles. The maximum atomic E-state index is 12.8. The summed E-state index contributed by atoms with van der Waals surface area (Å²) in [6, 6.07) is 7.84. The summed E-state index contributed by atoms with van der Waals surface area (Å²) >= 11 is 6.19. The molecule has 1 fully saturated rings. The zero-order valence-corrected chi connectivity index (χ0v) is 13.1. The van der Waals surface area contributed by atoms with Gasteiger partial charge in [-0.3, -0.25) is 4.21 Å². The maximum Gasteiger partial charge on any atom is 0.0591 e. The van der Waals surface area contributed by atoms with Gasteiger partial charge in [0, 0.05) is 6.04 Å². The van der Waals surface area contributed by atoms with Gasteiger partial charge < -0.3 is 5.32 Å². The molecule has 1 aromatic carbocycles. The molecule has 4 heteroatoms. The van der Waals surface area contributed by atoms with E-state index in [-0.39, 0.29) is 5.25 Å². The summed E-state index contributed by atoms with van der Waals surface area (Å²) in [5, 5.41) is 4.12. The van der Waals surface area contributed by atoms with Gasteiger partial charge in [0.25, 0.3) is 0 Å². The van der Waals surface area contributed by atoms with Crippen molar-refractivity contribution in [2.75, 3.05) is 7.05 Å². The molecule has 1 N–H and O–H groups in total. The van der Waals surface area contributed by atoms with Gasteiger partial charge in [-0.2, -0.15) is 0 Å². The Balaban J connectivity index is 2.22. The summed E-state index contributed by atoms with van der Waals surface area (Å²) in [4.78, 5) is 0.783. The molecule has 1 saturated carbocycles. The zero-order chi connectivity index (χ0) is 13.8. The predicted octanol–water partition coefficient (Wildman–Crippen LogP) is 3.61. The van der Waals surface area contributed by atoms with E-state index >= 15 is 0 Å². The first kappa shape index (κ1) is 15.0. The largest absolute Gasteiger partial charge is 0.316 e. The van der Waals surface area contributed by atoms with Crippen LogP contribution >= 0.6 is 11.6 Å². The van der Waals surface area contributed by atoms with Crippen molar-refractivity contribution in [3.05, 3.63) is 29.3 Å². The molecule has 2 rings (SSSR count). The number of halogens is 1. The van der Waals surface area contributed by atoms with Gasteiger partial charge >= 0.3 is 0 Å². The Morgan fingerprint density at radius 3 is 2.74 bits per heavy atom. The molecule has 106 valence electrons. The highest BCUT2D eigenvalue weighted by Gasteiger charge is 2.34. The Morgan fingerprint density at radius 2 is 2.11 bits per heavy atom. The summed E-state index contributed by atoms with van der Waals surface area (Å²) in [6.07, 6.45) is 4.54. The predicted molar refractivity (Wildman–Crippen MR) is 82.1 cm³/mol. The first-order chi connectivity index (χ1) is 9.17. The lowest BCUT2D eigenvalue weighted by molar-refractivity contribution is 0.301. The molecule has 0 radical (unpaired) electrons. The topological polar surface area (TPSA) is 29.1 Å². The Hall–Kier alpha value is -0.380. The summed E-state index contributed by atoms with van der Waals surface area (Å²) in [5.74, 6) is 0.695. The van der Waals surface area contributed by atoms with Gasteiger partial charge in [0.05, 0.1) is 26.0 Å². The Bertz CT molecular complexity index is 452. The third kappa shape index (κ3) is 3.39. The van der Waals surface area contributed by atoms with Crippen LogP contribution in [0.25, 0.3) is 0 Å². The van der Waals surface area contributed by atoms with Crippen LogP contribution in [0.15, 0.2) is 29.2 Å². The van der Waals surface area contributed by atoms with Gasteiger partial charge in [-0.05, 0) is 44.4 Å². The molecule has 4 unspecified atom stereocenters. The lowest BCUT2D eigenvalue weighted by Crippen LogP contribution is -2.44. The lowest BCUT2D eigenvalue weighted by Gasteiger charge is -2.35.